The Balaban J connectivity index is 1.08. The first-order valence-corrected chi connectivity index (χ1v) is 18.2. The number of carbonyl (C=O) groups is 1. The van der Waals surface area contributed by atoms with Gasteiger partial charge in [0.25, 0.3) is 0 Å². The van der Waals surface area contributed by atoms with E-state index in [4.69, 9.17) is 23.9 Å². The summed E-state index contributed by atoms with van der Waals surface area (Å²) in [6.07, 6.45) is 5.08. The van der Waals surface area contributed by atoms with Crippen LogP contribution in [0, 0.1) is 11.2 Å². The number of para-hydroxylation sites is 2. The lowest BCUT2D eigenvalue weighted by Crippen LogP contribution is -2.41. The Bertz CT molecular complexity index is 1730. The molecule has 0 aliphatic carbocycles. The van der Waals surface area contributed by atoms with E-state index in [1.54, 1.807) is 21.3 Å². The van der Waals surface area contributed by atoms with Gasteiger partial charge in [-0.15, -0.1) is 0 Å². The van der Waals surface area contributed by atoms with E-state index in [0.29, 0.717) is 56.0 Å². The SMILES string of the molecule is CCOCCn1c(NC2CCN(CCCC3(Cc4ccc(F)cc4)CCN(Cc4cc(OC)c(OC)c(OC)c4)C3=O)CC2)nc2ccccc21. The van der Waals surface area contributed by atoms with Crippen molar-refractivity contribution in [3.05, 3.63) is 77.6 Å². The van der Waals surface area contributed by atoms with Crippen LogP contribution in [-0.2, 0) is 29.0 Å². The molecule has 1 amide bonds. The fraction of sp³-hybridized carbons (Fsp3) is 0.500. The summed E-state index contributed by atoms with van der Waals surface area (Å²) in [5, 5.41) is 3.75. The zero-order valence-electron chi connectivity index (χ0n) is 30.5. The highest BCUT2D eigenvalue weighted by Gasteiger charge is 2.46. The summed E-state index contributed by atoms with van der Waals surface area (Å²) < 4.78 is 38.4. The number of imidazole rings is 1. The van der Waals surface area contributed by atoms with Crippen LogP contribution in [0.25, 0.3) is 11.0 Å². The fourth-order valence-corrected chi connectivity index (χ4v) is 7.80. The molecule has 4 aromatic rings. The van der Waals surface area contributed by atoms with Crippen molar-refractivity contribution >= 4 is 22.9 Å². The number of nitrogens with zero attached hydrogens (tertiary/aromatic N) is 4. The van der Waals surface area contributed by atoms with Gasteiger partial charge in [0.2, 0.25) is 17.6 Å². The van der Waals surface area contributed by atoms with E-state index in [0.717, 1.165) is 86.4 Å². The zero-order chi connectivity index (χ0) is 35.8. The first-order valence-electron chi connectivity index (χ1n) is 18.2. The van der Waals surface area contributed by atoms with Crippen molar-refractivity contribution in [2.24, 2.45) is 5.41 Å². The van der Waals surface area contributed by atoms with Crippen LogP contribution in [0.3, 0.4) is 0 Å². The molecule has 3 aromatic carbocycles. The number of anilines is 1. The number of halogens is 1. The number of rotatable bonds is 17. The molecular weight excluding hydrogens is 649 g/mol. The van der Waals surface area contributed by atoms with Crippen molar-refractivity contribution < 1.29 is 28.1 Å². The molecule has 6 rings (SSSR count). The summed E-state index contributed by atoms with van der Waals surface area (Å²) in [5.74, 6) is 2.45. The summed E-state index contributed by atoms with van der Waals surface area (Å²) in [4.78, 5) is 23.7. The monoisotopic (exact) mass is 701 g/mol. The maximum Gasteiger partial charge on any atom is 0.229 e. The molecule has 2 aliphatic heterocycles. The van der Waals surface area contributed by atoms with Crippen LogP contribution < -0.4 is 19.5 Å². The van der Waals surface area contributed by atoms with Crippen LogP contribution >= 0.6 is 0 Å². The molecule has 2 aliphatic rings. The maximum atomic E-state index is 14.3. The number of aromatic nitrogens is 2. The first-order chi connectivity index (χ1) is 24.9. The number of piperidine rings is 1. The Morgan fingerprint density at radius 1 is 0.922 bits per heavy atom. The van der Waals surface area contributed by atoms with Gasteiger partial charge in [-0.05, 0) is 99.5 Å². The average molecular weight is 702 g/mol. The minimum absolute atomic E-state index is 0.149. The fourth-order valence-electron chi connectivity index (χ4n) is 7.80. The number of ether oxygens (including phenoxy) is 4. The molecule has 274 valence electrons. The van der Waals surface area contributed by atoms with Gasteiger partial charge in [0.1, 0.15) is 5.82 Å². The second kappa shape index (κ2) is 16.8. The first kappa shape index (κ1) is 36.4. The molecule has 0 spiro atoms. The number of carbonyl (C=O) groups excluding carboxylic acids is 1. The number of nitrogens with one attached hydrogen (secondary N) is 1. The lowest BCUT2D eigenvalue weighted by atomic mass is 9.76. The maximum absolute atomic E-state index is 14.3. The van der Waals surface area contributed by atoms with Gasteiger partial charge in [-0.1, -0.05) is 24.3 Å². The molecule has 1 aromatic heterocycles. The van der Waals surface area contributed by atoms with Crippen LogP contribution in [-0.4, -0.2) is 92.0 Å². The molecular formula is C40H52FN5O5. The van der Waals surface area contributed by atoms with Crippen molar-refractivity contribution in [2.75, 3.05) is 66.0 Å². The van der Waals surface area contributed by atoms with Gasteiger partial charge in [0, 0.05) is 45.4 Å². The quantitative estimate of drug-likeness (QED) is 0.124. The zero-order valence-corrected chi connectivity index (χ0v) is 30.5. The van der Waals surface area contributed by atoms with E-state index < -0.39 is 5.41 Å². The largest absolute Gasteiger partial charge is 0.493 e. The molecule has 0 bridgehead atoms. The van der Waals surface area contributed by atoms with E-state index in [2.05, 4.69) is 33.0 Å². The van der Waals surface area contributed by atoms with E-state index >= 15 is 0 Å². The topological polar surface area (TPSA) is 90.3 Å². The second-order valence-corrected chi connectivity index (χ2v) is 13.7. The Labute approximate surface area is 300 Å². The third-order valence-electron chi connectivity index (χ3n) is 10.5. The molecule has 0 saturated carbocycles. The van der Waals surface area contributed by atoms with E-state index in [-0.39, 0.29) is 11.7 Å². The Morgan fingerprint density at radius 3 is 2.33 bits per heavy atom. The van der Waals surface area contributed by atoms with Gasteiger partial charge in [-0.3, -0.25) is 4.79 Å². The van der Waals surface area contributed by atoms with Crippen molar-refractivity contribution in [1.29, 1.82) is 0 Å². The Kier molecular flexibility index (Phi) is 12.0. The minimum atomic E-state index is -0.543. The van der Waals surface area contributed by atoms with Gasteiger partial charge in [0.05, 0.1) is 44.4 Å². The molecule has 51 heavy (non-hydrogen) atoms. The highest BCUT2D eigenvalue weighted by Crippen LogP contribution is 2.43. The number of hydrogen-bond acceptors (Lipinski definition) is 8. The van der Waals surface area contributed by atoms with E-state index in [9.17, 15) is 9.18 Å². The predicted octanol–water partition coefficient (Wildman–Crippen LogP) is 6.56. The average Bonchev–Trinajstić information content (AvgIpc) is 3.65. The lowest BCUT2D eigenvalue weighted by Gasteiger charge is -2.34. The van der Waals surface area contributed by atoms with Crippen molar-refractivity contribution in [3.8, 4) is 17.2 Å². The van der Waals surface area contributed by atoms with Crippen LogP contribution in [0.1, 0.15) is 50.2 Å². The van der Waals surface area contributed by atoms with Crippen molar-refractivity contribution in [1.82, 2.24) is 19.4 Å². The van der Waals surface area contributed by atoms with Crippen LogP contribution in [0.15, 0.2) is 60.7 Å². The van der Waals surface area contributed by atoms with Crippen LogP contribution in [0.4, 0.5) is 10.3 Å². The molecule has 2 fully saturated rings. The van der Waals surface area contributed by atoms with Gasteiger partial charge < -0.3 is 38.6 Å². The number of methoxy groups -OCH3 is 3. The van der Waals surface area contributed by atoms with Gasteiger partial charge in [-0.25, -0.2) is 9.37 Å². The number of benzene rings is 3. The van der Waals surface area contributed by atoms with Crippen LogP contribution in [0.5, 0.6) is 17.2 Å². The smallest absolute Gasteiger partial charge is 0.229 e. The highest BCUT2D eigenvalue weighted by molar-refractivity contribution is 5.85. The highest BCUT2D eigenvalue weighted by atomic mass is 19.1. The molecule has 11 heteroatoms. The second-order valence-electron chi connectivity index (χ2n) is 13.7. The summed E-state index contributed by atoms with van der Waals surface area (Å²) in [6, 6.07) is 19.0. The molecule has 1 unspecified atom stereocenters. The summed E-state index contributed by atoms with van der Waals surface area (Å²) in [6.45, 7) is 8.14. The number of fused-ring (bicyclic) bond motifs is 1. The van der Waals surface area contributed by atoms with Crippen molar-refractivity contribution in [2.45, 2.75) is 64.6 Å². The van der Waals surface area contributed by atoms with E-state index in [1.807, 2.05) is 42.2 Å². The summed E-state index contributed by atoms with van der Waals surface area (Å²) in [7, 11) is 4.77. The predicted molar refractivity (Wildman–Crippen MR) is 197 cm³/mol. The standard InChI is InChI=1S/C40H52FN5O5/c1-5-51-24-23-46-34-10-7-6-9-33(34)43-39(46)42-32-15-20-44(21-16-32)19-8-17-40(27-29-11-13-31(41)14-12-29)18-22-45(38(40)47)28-30-25-35(48-2)37(50-4)36(26-30)49-3/h6-7,9-14,25-26,32H,5,8,15-24,27-28H2,1-4H3,(H,42,43). The molecule has 1 atom stereocenters. The summed E-state index contributed by atoms with van der Waals surface area (Å²) in [5.41, 5.74) is 3.47. The van der Waals surface area contributed by atoms with Gasteiger partial charge in [0.15, 0.2) is 11.5 Å². The summed E-state index contributed by atoms with van der Waals surface area (Å²) >= 11 is 0. The third kappa shape index (κ3) is 8.42. The third-order valence-corrected chi connectivity index (χ3v) is 10.5. The van der Waals surface area contributed by atoms with Gasteiger partial charge in [-0.2, -0.15) is 0 Å². The molecule has 0 radical (unpaired) electrons. The number of hydrogen-bond donors (Lipinski definition) is 1. The molecule has 10 nitrogen and oxygen atoms in total. The Morgan fingerprint density at radius 2 is 1.65 bits per heavy atom. The molecule has 2 saturated heterocycles. The van der Waals surface area contributed by atoms with Gasteiger partial charge >= 0.3 is 0 Å². The Hall–Kier alpha value is -4.35. The number of amides is 1. The minimum Gasteiger partial charge on any atom is -0.493 e. The lowest BCUT2D eigenvalue weighted by molar-refractivity contribution is -0.137. The van der Waals surface area contributed by atoms with Crippen LogP contribution in [0.2, 0.25) is 0 Å². The molecule has 3 heterocycles. The molecule has 1 N–H and O–H groups in total. The number of likely N-dealkylation sites (tertiary alicyclic amines) is 2. The normalized spacial score (nSPS) is 18.5. The van der Waals surface area contributed by atoms with Crippen molar-refractivity contribution in [3.63, 3.8) is 0 Å². The van der Waals surface area contributed by atoms with E-state index in [1.165, 1.54) is 12.1 Å².